The molecule has 1 rings (SSSR count). The number of amides is 1. The first-order valence-corrected chi connectivity index (χ1v) is 5.78. The third-order valence-corrected chi connectivity index (χ3v) is 2.49. The summed E-state index contributed by atoms with van der Waals surface area (Å²) in [6, 6.07) is 3.38. The van der Waals surface area contributed by atoms with Gasteiger partial charge in [-0.05, 0) is 19.1 Å². The topological polar surface area (TPSA) is 46.6 Å². The number of hydrogen-bond donors (Lipinski definition) is 0. The molecule has 0 saturated carbocycles. The van der Waals surface area contributed by atoms with Crippen molar-refractivity contribution in [3.05, 3.63) is 35.4 Å². The van der Waals surface area contributed by atoms with Gasteiger partial charge in [0.1, 0.15) is 18.2 Å². The lowest BCUT2D eigenvalue weighted by Crippen LogP contribution is -2.34. The zero-order valence-electron chi connectivity index (χ0n) is 10.8. The van der Waals surface area contributed by atoms with Crippen LogP contribution in [0, 0.1) is 11.6 Å². The Bertz CT molecular complexity index is 457. The smallest absolute Gasteiger partial charge is 0.325 e. The number of carbonyl (C=O) groups is 2. The quantitative estimate of drug-likeness (QED) is 0.763. The van der Waals surface area contributed by atoms with Gasteiger partial charge < -0.3 is 9.64 Å². The molecule has 0 aliphatic carbocycles. The molecule has 19 heavy (non-hydrogen) atoms. The first kappa shape index (κ1) is 15.1. The maximum atomic E-state index is 13.4. The van der Waals surface area contributed by atoms with E-state index in [1.807, 2.05) is 0 Å². The van der Waals surface area contributed by atoms with E-state index in [0.29, 0.717) is 0 Å². The lowest BCUT2D eigenvalue weighted by molar-refractivity contribution is -0.147. The van der Waals surface area contributed by atoms with E-state index in [1.54, 1.807) is 6.92 Å². The van der Waals surface area contributed by atoms with Gasteiger partial charge in [0, 0.05) is 12.6 Å². The van der Waals surface area contributed by atoms with Gasteiger partial charge in [-0.3, -0.25) is 9.59 Å². The molecule has 104 valence electrons. The maximum absolute atomic E-state index is 13.4. The van der Waals surface area contributed by atoms with Gasteiger partial charge in [-0.25, -0.2) is 8.78 Å². The fourth-order valence-electron chi connectivity index (χ4n) is 1.48. The van der Waals surface area contributed by atoms with Crippen LogP contribution in [-0.4, -0.2) is 37.0 Å². The lowest BCUT2D eigenvalue weighted by atomic mass is 10.1. The molecule has 1 aromatic carbocycles. The molecule has 1 aromatic rings. The van der Waals surface area contributed by atoms with Crippen molar-refractivity contribution >= 4 is 11.9 Å². The summed E-state index contributed by atoms with van der Waals surface area (Å²) >= 11 is 0. The molecule has 0 atom stereocenters. The molecular formula is C13H15F2NO3. The molecule has 0 radical (unpaired) electrons. The summed E-state index contributed by atoms with van der Waals surface area (Å²) in [4.78, 5) is 24.0. The molecule has 0 aliphatic rings. The molecule has 0 bridgehead atoms. The Morgan fingerprint density at radius 2 is 1.84 bits per heavy atom. The minimum Gasteiger partial charge on any atom is -0.465 e. The van der Waals surface area contributed by atoms with Crippen LogP contribution in [0.25, 0.3) is 0 Å². The second-order valence-corrected chi connectivity index (χ2v) is 3.93. The Morgan fingerprint density at radius 1 is 1.26 bits per heavy atom. The molecule has 1 amide bonds. The number of hydrogen-bond acceptors (Lipinski definition) is 3. The molecule has 0 aliphatic heterocycles. The van der Waals surface area contributed by atoms with Crippen molar-refractivity contribution in [1.82, 2.24) is 4.90 Å². The zero-order chi connectivity index (χ0) is 14.4. The van der Waals surface area contributed by atoms with E-state index in [2.05, 4.69) is 4.74 Å². The highest BCUT2D eigenvalue weighted by Gasteiger charge is 2.18. The van der Waals surface area contributed by atoms with Gasteiger partial charge in [-0.2, -0.15) is 0 Å². The third kappa shape index (κ3) is 4.31. The van der Waals surface area contributed by atoms with Crippen molar-refractivity contribution in [1.29, 1.82) is 0 Å². The number of carbonyl (C=O) groups excluding carboxylic acids is 2. The van der Waals surface area contributed by atoms with Crippen LogP contribution < -0.4 is 0 Å². The van der Waals surface area contributed by atoms with E-state index < -0.39 is 29.9 Å². The van der Waals surface area contributed by atoms with Crippen LogP contribution in [0.2, 0.25) is 0 Å². The van der Waals surface area contributed by atoms with Crippen LogP contribution >= 0.6 is 0 Å². The predicted molar refractivity (Wildman–Crippen MR) is 64.3 cm³/mol. The van der Waals surface area contributed by atoms with Gasteiger partial charge in [-0.15, -0.1) is 0 Å². The first-order chi connectivity index (χ1) is 8.95. The van der Waals surface area contributed by atoms with Crippen molar-refractivity contribution in [2.24, 2.45) is 0 Å². The van der Waals surface area contributed by atoms with Crippen molar-refractivity contribution in [2.45, 2.75) is 13.3 Å². The van der Waals surface area contributed by atoms with Crippen LogP contribution in [0.15, 0.2) is 18.2 Å². The van der Waals surface area contributed by atoms with Gasteiger partial charge in [0.15, 0.2) is 0 Å². The summed E-state index contributed by atoms with van der Waals surface area (Å²) in [5.74, 6) is -2.68. The molecule has 0 unspecified atom stereocenters. The average molecular weight is 271 g/mol. The Labute approximate surface area is 110 Å². The molecule has 0 fully saturated rings. The van der Waals surface area contributed by atoms with Crippen molar-refractivity contribution < 1.29 is 23.1 Å². The van der Waals surface area contributed by atoms with Crippen LogP contribution in [0.5, 0.6) is 0 Å². The molecule has 0 N–H and O–H groups in total. The van der Waals surface area contributed by atoms with Gasteiger partial charge in [0.2, 0.25) is 5.91 Å². The average Bonchev–Trinajstić information content (AvgIpc) is 2.34. The van der Waals surface area contributed by atoms with Gasteiger partial charge in [-0.1, -0.05) is 6.07 Å². The molecule has 4 nitrogen and oxygen atoms in total. The second-order valence-electron chi connectivity index (χ2n) is 3.93. The number of likely N-dealkylation sites (N-methyl/N-ethyl adjacent to an activating group) is 1. The van der Waals surface area contributed by atoms with Crippen LogP contribution in [0.1, 0.15) is 12.5 Å². The number of rotatable bonds is 5. The predicted octanol–water partition coefficient (Wildman–Crippen LogP) is 1.53. The third-order valence-electron chi connectivity index (χ3n) is 2.49. The summed E-state index contributed by atoms with van der Waals surface area (Å²) in [6.07, 6.45) is -0.436. The molecule has 0 saturated heterocycles. The van der Waals surface area contributed by atoms with Crippen LogP contribution in [-0.2, 0) is 20.7 Å². The van der Waals surface area contributed by atoms with Crippen molar-refractivity contribution in [3.8, 4) is 0 Å². The second kappa shape index (κ2) is 6.82. The minimum absolute atomic E-state index is 0.211. The normalized spacial score (nSPS) is 10.1. The highest BCUT2D eigenvalue weighted by atomic mass is 19.1. The van der Waals surface area contributed by atoms with Crippen molar-refractivity contribution in [3.63, 3.8) is 0 Å². The number of ether oxygens (including phenoxy) is 1. The Kier molecular flexibility index (Phi) is 5.41. The van der Waals surface area contributed by atoms with E-state index in [9.17, 15) is 18.4 Å². The molecule has 0 aromatic heterocycles. The monoisotopic (exact) mass is 271 g/mol. The summed E-state index contributed by atoms with van der Waals surface area (Å²) in [7, 11) is 1.37. The highest BCUT2D eigenvalue weighted by Crippen LogP contribution is 2.13. The van der Waals surface area contributed by atoms with Gasteiger partial charge in [0.25, 0.3) is 0 Å². The summed E-state index contributed by atoms with van der Waals surface area (Å²) in [5.41, 5.74) is -0.303. The molecule has 0 spiro atoms. The first-order valence-electron chi connectivity index (χ1n) is 5.78. The van der Waals surface area contributed by atoms with Gasteiger partial charge in [0.05, 0.1) is 13.0 Å². The zero-order valence-corrected chi connectivity index (χ0v) is 10.8. The number of esters is 1. The number of nitrogens with zero attached hydrogens (tertiary/aromatic N) is 1. The van der Waals surface area contributed by atoms with E-state index in [-0.39, 0.29) is 18.7 Å². The molecule has 0 heterocycles. The van der Waals surface area contributed by atoms with Gasteiger partial charge >= 0.3 is 5.97 Å². The molecule has 6 heteroatoms. The standard InChI is InChI=1S/C13H15F2NO3/c1-3-19-13(18)8-16(2)12(17)7-9-10(14)5-4-6-11(9)15/h4-6H,3,7-8H2,1-2H3. The Hall–Kier alpha value is -1.98. The van der Waals surface area contributed by atoms with Crippen LogP contribution in [0.4, 0.5) is 8.78 Å². The summed E-state index contributed by atoms with van der Waals surface area (Å²) in [6.45, 7) is 1.61. The Balaban J connectivity index is 2.66. The van der Waals surface area contributed by atoms with Crippen LogP contribution in [0.3, 0.4) is 0 Å². The largest absolute Gasteiger partial charge is 0.465 e. The van der Waals surface area contributed by atoms with E-state index >= 15 is 0 Å². The lowest BCUT2D eigenvalue weighted by Gasteiger charge is -2.16. The fraction of sp³-hybridized carbons (Fsp3) is 0.385. The van der Waals surface area contributed by atoms with Crippen molar-refractivity contribution in [2.75, 3.05) is 20.2 Å². The van der Waals surface area contributed by atoms with E-state index in [1.165, 1.54) is 13.1 Å². The number of halogens is 2. The molecular weight excluding hydrogens is 256 g/mol. The number of benzene rings is 1. The maximum Gasteiger partial charge on any atom is 0.325 e. The summed E-state index contributed by atoms with van der Waals surface area (Å²) < 4.78 is 31.4. The van der Waals surface area contributed by atoms with E-state index in [4.69, 9.17) is 0 Å². The SMILES string of the molecule is CCOC(=O)CN(C)C(=O)Cc1c(F)cccc1F. The fourth-order valence-corrected chi connectivity index (χ4v) is 1.48. The highest BCUT2D eigenvalue weighted by molar-refractivity contribution is 5.83. The van der Waals surface area contributed by atoms with E-state index in [0.717, 1.165) is 17.0 Å². The minimum atomic E-state index is -0.780. The Morgan fingerprint density at radius 3 is 2.37 bits per heavy atom. The summed E-state index contributed by atoms with van der Waals surface area (Å²) in [5, 5.41) is 0.